The summed E-state index contributed by atoms with van der Waals surface area (Å²) in [6.07, 6.45) is 7.70. The second kappa shape index (κ2) is 14.2. The predicted octanol–water partition coefficient (Wildman–Crippen LogP) is 8.93. The van der Waals surface area contributed by atoms with Crippen LogP contribution in [0.4, 0.5) is 0 Å². The average Bonchev–Trinajstić information content (AvgIpc) is 3.74. The van der Waals surface area contributed by atoms with Crippen molar-refractivity contribution in [2.45, 2.75) is 37.4 Å². The van der Waals surface area contributed by atoms with E-state index in [4.69, 9.17) is 21.3 Å². The quantitative estimate of drug-likeness (QED) is 0.159. The van der Waals surface area contributed by atoms with Gasteiger partial charge in [-0.25, -0.2) is 9.78 Å². The number of nitrogens with zero attached hydrogens (tertiary/aromatic N) is 1. The number of benzene rings is 3. The summed E-state index contributed by atoms with van der Waals surface area (Å²) < 4.78 is 5.00. The van der Waals surface area contributed by atoms with Gasteiger partial charge in [0.15, 0.2) is 0 Å². The minimum atomic E-state index is -0.733. The molecule has 1 fully saturated rings. The molecule has 1 heterocycles. The number of ether oxygens (including phenoxy) is 1. The van der Waals surface area contributed by atoms with Crippen LogP contribution in [-0.4, -0.2) is 34.9 Å². The van der Waals surface area contributed by atoms with E-state index in [-0.39, 0.29) is 35.5 Å². The molecule has 1 aromatic heterocycles. The van der Waals surface area contributed by atoms with Gasteiger partial charge in [-0.2, -0.15) is 11.8 Å². The van der Waals surface area contributed by atoms with Crippen LogP contribution in [0.3, 0.4) is 0 Å². The maximum atomic E-state index is 12.3. The molecule has 0 aliphatic heterocycles. The molecule has 1 atom stereocenters. The smallest absolute Gasteiger partial charge is 0.338 e. The Morgan fingerprint density at radius 2 is 1.83 bits per heavy atom. The molecule has 5 rings (SSSR count). The van der Waals surface area contributed by atoms with Gasteiger partial charge in [0.1, 0.15) is 0 Å². The summed E-state index contributed by atoms with van der Waals surface area (Å²) in [6, 6.07) is 25.7. The van der Waals surface area contributed by atoms with Crippen LogP contribution in [-0.2, 0) is 16.0 Å². The number of hydrogen-bond donors (Lipinski definition) is 1. The first kappa shape index (κ1) is 31.6. The van der Waals surface area contributed by atoms with Gasteiger partial charge in [0.25, 0.3) is 0 Å². The summed E-state index contributed by atoms with van der Waals surface area (Å²) in [5.74, 6) is -0.269. The van der Waals surface area contributed by atoms with Crippen molar-refractivity contribution in [3.8, 4) is 0 Å². The fourth-order valence-corrected chi connectivity index (χ4v) is 6.81. The van der Waals surface area contributed by atoms with Crippen molar-refractivity contribution in [2.24, 2.45) is 5.41 Å². The van der Waals surface area contributed by atoms with Gasteiger partial charge in [0.2, 0.25) is 0 Å². The van der Waals surface area contributed by atoms with Crippen molar-refractivity contribution >= 4 is 70.8 Å². The van der Waals surface area contributed by atoms with E-state index in [2.05, 4.69) is 30.3 Å². The highest BCUT2D eigenvalue weighted by atomic mass is 35.5. The topological polar surface area (TPSA) is 76.5 Å². The Morgan fingerprint density at radius 1 is 1.05 bits per heavy atom. The number of pyridine rings is 1. The number of carbonyl (C=O) groups excluding carboxylic acids is 1. The van der Waals surface area contributed by atoms with Gasteiger partial charge in [-0.05, 0) is 78.1 Å². The zero-order chi connectivity index (χ0) is 28.8. The van der Waals surface area contributed by atoms with Crippen LogP contribution in [0.1, 0.15) is 63.7 Å². The van der Waals surface area contributed by atoms with Gasteiger partial charge in [-0.1, -0.05) is 72.3 Å². The van der Waals surface area contributed by atoms with Gasteiger partial charge < -0.3 is 9.84 Å². The summed E-state index contributed by atoms with van der Waals surface area (Å²) >= 11 is 7.98. The number of carbonyl (C=O) groups is 2. The van der Waals surface area contributed by atoms with Crippen LogP contribution < -0.4 is 0 Å². The van der Waals surface area contributed by atoms with Crippen LogP contribution in [0.15, 0.2) is 78.9 Å². The molecule has 3 aromatic carbocycles. The summed E-state index contributed by atoms with van der Waals surface area (Å²) in [4.78, 5) is 28.5. The number of methoxy groups -OCH3 is 1. The lowest BCUT2D eigenvalue weighted by Crippen LogP contribution is -2.13. The fraction of sp³-hybridized carbons (Fsp3) is 0.265. The number of carboxylic acid groups (broad SMARTS) is 1. The van der Waals surface area contributed by atoms with Crippen LogP contribution >= 0.6 is 35.8 Å². The molecule has 8 heteroatoms. The van der Waals surface area contributed by atoms with Crippen molar-refractivity contribution in [2.75, 3.05) is 12.9 Å². The van der Waals surface area contributed by atoms with Crippen molar-refractivity contribution in [3.05, 3.63) is 112 Å². The molecule has 218 valence electrons. The first-order chi connectivity index (χ1) is 19.8. The van der Waals surface area contributed by atoms with E-state index >= 15 is 0 Å². The first-order valence-corrected chi connectivity index (χ1v) is 15.1. The third kappa shape index (κ3) is 8.15. The van der Waals surface area contributed by atoms with Crippen LogP contribution in [0.25, 0.3) is 23.1 Å². The number of halogens is 2. The molecule has 0 unspecified atom stereocenters. The van der Waals surface area contributed by atoms with E-state index in [1.807, 2.05) is 66.4 Å². The third-order valence-electron chi connectivity index (χ3n) is 7.58. The number of rotatable bonds is 12. The molecular weight excluding hydrogens is 589 g/mol. The van der Waals surface area contributed by atoms with Crippen molar-refractivity contribution in [1.29, 1.82) is 0 Å². The molecule has 0 saturated heterocycles. The standard InChI is InChI=1S/C34H32ClNO4S.ClH/c1-40-33(39)29-8-3-2-6-24(29)12-16-31(41-22-34(17-18-34)21-32(37)38)26-7-4-5-23(19-26)9-14-28-15-11-25-10-13-27(35)20-30(25)36-28;/h2-11,13-15,19-20,31H,12,16-18,21-22H2,1H3,(H,37,38);1H/b14-9+;/t31-;/m1./s1. The average molecular weight is 623 g/mol. The predicted molar refractivity (Wildman–Crippen MR) is 175 cm³/mol. The molecule has 0 amide bonds. The van der Waals surface area contributed by atoms with Gasteiger partial charge in [0.05, 0.1) is 30.3 Å². The SMILES string of the molecule is COC(=O)c1ccccc1CC[C@@H](SCC1(CC(=O)O)CC1)c1cccc(/C=C/c2ccc3ccc(Cl)cc3n2)c1.Cl. The van der Waals surface area contributed by atoms with Gasteiger partial charge >= 0.3 is 11.9 Å². The van der Waals surface area contributed by atoms with Crippen molar-refractivity contribution in [1.82, 2.24) is 4.98 Å². The number of aromatic nitrogens is 1. The zero-order valence-electron chi connectivity index (χ0n) is 23.3. The summed E-state index contributed by atoms with van der Waals surface area (Å²) in [7, 11) is 1.40. The molecule has 0 radical (unpaired) electrons. The highest BCUT2D eigenvalue weighted by molar-refractivity contribution is 7.99. The number of hydrogen-bond acceptors (Lipinski definition) is 5. The largest absolute Gasteiger partial charge is 0.481 e. The number of fused-ring (bicyclic) bond motifs is 1. The summed E-state index contributed by atoms with van der Waals surface area (Å²) in [5, 5.41) is 11.3. The lowest BCUT2D eigenvalue weighted by atomic mass is 9.98. The van der Waals surface area contributed by atoms with E-state index in [0.29, 0.717) is 17.0 Å². The lowest BCUT2D eigenvalue weighted by Gasteiger charge is -2.21. The second-order valence-corrected chi connectivity index (χ2v) is 12.3. The molecule has 4 aromatic rings. The van der Waals surface area contributed by atoms with Crippen LogP contribution in [0.2, 0.25) is 5.02 Å². The third-order valence-corrected chi connectivity index (χ3v) is 9.50. The maximum Gasteiger partial charge on any atom is 0.338 e. The molecule has 42 heavy (non-hydrogen) atoms. The van der Waals surface area contributed by atoms with Crippen LogP contribution in [0.5, 0.6) is 0 Å². The lowest BCUT2D eigenvalue weighted by molar-refractivity contribution is -0.138. The highest BCUT2D eigenvalue weighted by Gasteiger charge is 2.44. The van der Waals surface area contributed by atoms with Crippen molar-refractivity contribution < 1.29 is 19.4 Å². The van der Waals surface area contributed by atoms with Gasteiger partial charge in [0, 0.05) is 21.4 Å². The molecular formula is C34H33Cl2NO4S. The zero-order valence-corrected chi connectivity index (χ0v) is 25.7. The minimum Gasteiger partial charge on any atom is -0.481 e. The Hall–Kier alpha value is -3.32. The summed E-state index contributed by atoms with van der Waals surface area (Å²) in [6.45, 7) is 0. The molecule has 1 aliphatic carbocycles. The number of aryl methyl sites for hydroxylation is 1. The first-order valence-electron chi connectivity index (χ1n) is 13.7. The minimum absolute atomic E-state index is 0. The number of carboxylic acids is 1. The van der Waals surface area contributed by atoms with E-state index < -0.39 is 5.97 Å². The Balaban J connectivity index is 0.00000405. The Labute approximate surface area is 261 Å². The fourth-order valence-electron chi connectivity index (χ4n) is 5.07. The molecule has 0 bridgehead atoms. The molecule has 5 nitrogen and oxygen atoms in total. The van der Waals surface area contributed by atoms with Crippen molar-refractivity contribution in [3.63, 3.8) is 0 Å². The molecule has 0 spiro atoms. The molecule has 1 aliphatic rings. The van der Waals surface area contributed by atoms with E-state index in [0.717, 1.165) is 52.7 Å². The number of aliphatic carboxylic acids is 1. The Kier molecular flexibility index (Phi) is 10.7. The van der Waals surface area contributed by atoms with Gasteiger partial charge in [-0.3, -0.25) is 4.79 Å². The van der Waals surface area contributed by atoms with E-state index in [1.165, 1.54) is 12.7 Å². The Morgan fingerprint density at radius 3 is 2.60 bits per heavy atom. The highest BCUT2D eigenvalue weighted by Crippen LogP contribution is 2.53. The molecule has 1 saturated carbocycles. The van der Waals surface area contributed by atoms with Crippen LogP contribution in [0, 0.1) is 5.41 Å². The monoisotopic (exact) mass is 621 g/mol. The van der Waals surface area contributed by atoms with Gasteiger partial charge in [-0.15, -0.1) is 12.4 Å². The number of thioether (sulfide) groups is 1. The maximum absolute atomic E-state index is 12.3. The second-order valence-electron chi connectivity index (χ2n) is 10.6. The number of esters is 1. The normalized spacial score (nSPS) is 14.3. The Bertz CT molecular complexity index is 1600. The van der Waals surface area contributed by atoms with E-state index in [1.54, 1.807) is 6.07 Å². The van der Waals surface area contributed by atoms with E-state index in [9.17, 15) is 14.7 Å². The molecule has 1 N–H and O–H groups in total. The summed E-state index contributed by atoms with van der Waals surface area (Å²) in [5.41, 5.74) is 5.37.